The number of nitrogens with zero attached hydrogens (tertiary/aromatic N) is 4. The average molecular weight is 329 g/mol. The standard InChI is InChI=1S/C17H23N5O2/c1-18-17(24)15-12-21(10-9-20(15)2)16(23)7-8-22-14-6-4-3-5-13(14)11-19-22/h3-6,11,15H,7-10,12H2,1-2H3,(H,18,24)/t15-/m1/s1. The van der Waals surface area contributed by atoms with Gasteiger partial charge in [0.05, 0.1) is 18.3 Å². The summed E-state index contributed by atoms with van der Waals surface area (Å²) in [7, 11) is 3.54. The summed E-state index contributed by atoms with van der Waals surface area (Å²) in [5.41, 5.74) is 1.03. The van der Waals surface area contributed by atoms with Crippen LogP contribution < -0.4 is 5.32 Å². The number of nitrogens with one attached hydrogen (secondary N) is 1. The number of aromatic nitrogens is 2. The second kappa shape index (κ2) is 7.00. The lowest BCUT2D eigenvalue weighted by Gasteiger charge is -2.38. The van der Waals surface area contributed by atoms with Gasteiger partial charge in [0.1, 0.15) is 6.04 Å². The average Bonchev–Trinajstić information content (AvgIpc) is 3.02. The monoisotopic (exact) mass is 329 g/mol. The maximum atomic E-state index is 12.5. The summed E-state index contributed by atoms with van der Waals surface area (Å²) in [5, 5.41) is 8.09. The van der Waals surface area contributed by atoms with E-state index in [0.717, 1.165) is 10.9 Å². The highest BCUT2D eigenvalue weighted by Gasteiger charge is 2.31. The Morgan fingerprint density at radius 1 is 1.29 bits per heavy atom. The lowest BCUT2D eigenvalue weighted by atomic mass is 10.1. The van der Waals surface area contributed by atoms with Crippen LogP contribution in [0, 0.1) is 0 Å². The first kappa shape index (κ1) is 16.4. The number of piperazine rings is 1. The van der Waals surface area contributed by atoms with Crippen molar-refractivity contribution in [3.63, 3.8) is 0 Å². The molecule has 0 saturated carbocycles. The summed E-state index contributed by atoms with van der Waals surface area (Å²) < 4.78 is 1.86. The van der Waals surface area contributed by atoms with Gasteiger partial charge < -0.3 is 10.2 Å². The largest absolute Gasteiger partial charge is 0.358 e. The quantitative estimate of drug-likeness (QED) is 0.877. The van der Waals surface area contributed by atoms with Gasteiger partial charge in [-0.1, -0.05) is 18.2 Å². The topological polar surface area (TPSA) is 70.5 Å². The number of likely N-dealkylation sites (N-methyl/N-ethyl adjacent to an activating group) is 2. The minimum Gasteiger partial charge on any atom is -0.358 e. The SMILES string of the molecule is CNC(=O)[C@H]1CN(C(=O)CCn2ncc3ccccc32)CCN1C. The normalized spacial score (nSPS) is 18.8. The Hall–Kier alpha value is -2.41. The number of hydrogen-bond acceptors (Lipinski definition) is 4. The van der Waals surface area contributed by atoms with Gasteiger partial charge in [-0.2, -0.15) is 5.10 Å². The second-order valence-corrected chi connectivity index (χ2v) is 6.13. The van der Waals surface area contributed by atoms with E-state index in [9.17, 15) is 9.59 Å². The van der Waals surface area contributed by atoms with Gasteiger partial charge in [0.2, 0.25) is 11.8 Å². The van der Waals surface area contributed by atoms with Crippen LogP contribution in [-0.2, 0) is 16.1 Å². The molecule has 0 radical (unpaired) electrons. The van der Waals surface area contributed by atoms with Gasteiger partial charge in [-0.05, 0) is 13.1 Å². The first-order valence-corrected chi connectivity index (χ1v) is 8.20. The van der Waals surface area contributed by atoms with E-state index in [-0.39, 0.29) is 17.9 Å². The summed E-state index contributed by atoms with van der Waals surface area (Å²) >= 11 is 0. The van der Waals surface area contributed by atoms with E-state index in [4.69, 9.17) is 0 Å². The van der Waals surface area contributed by atoms with Crippen LogP contribution in [0.4, 0.5) is 0 Å². The number of carbonyl (C=O) groups is 2. The third-order valence-electron chi connectivity index (χ3n) is 4.64. The molecule has 1 aliphatic heterocycles. The lowest BCUT2D eigenvalue weighted by Crippen LogP contribution is -2.58. The van der Waals surface area contributed by atoms with Crippen molar-refractivity contribution in [1.29, 1.82) is 0 Å². The molecule has 1 aromatic carbocycles. The molecule has 0 aliphatic carbocycles. The van der Waals surface area contributed by atoms with Gasteiger partial charge in [-0.15, -0.1) is 0 Å². The molecule has 1 fully saturated rings. The van der Waals surface area contributed by atoms with Crippen molar-refractivity contribution in [2.45, 2.75) is 19.0 Å². The van der Waals surface area contributed by atoms with E-state index in [0.29, 0.717) is 32.6 Å². The van der Waals surface area contributed by atoms with Gasteiger partial charge in [0.25, 0.3) is 0 Å². The third kappa shape index (κ3) is 3.26. The first-order chi connectivity index (χ1) is 11.6. The molecule has 2 aromatic rings. The number of amides is 2. The zero-order valence-corrected chi connectivity index (χ0v) is 14.1. The Labute approximate surface area is 141 Å². The molecular weight excluding hydrogens is 306 g/mol. The molecule has 1 aromatic heterocycles. The molecule has 0 unspecified atom stereocenters. The number of benzene rings is 1. The molecule has 2 amide bonds. The van der Waals surface area contributed by atoms with E-state index >= 15 is 0 Å². The zero-order chi connectivity index (χ0) is 17.1. The molecule has 1 aliphatic rings. The Morgan fingerprint density at radius 3 is 2.88 bits per heavy atom. The van der Waals surface area contributed by atoms with Crippen molar-refractivity contribution in [3.8, 4) is 0 Å². The highest BCUT2D eigenvalue weighted by molar-refractivity contribution is 5.84. The number of hydrogen-bond donors (Lipinski definition) is 1. The Bertz CT molecular complexity index is 741. The summed E-state index contributed by atoms with van der Waals surface area (Å²) in [4.78, 5) is 28.2. The van der Waals surface area contributed by atoms with E-state index in [2.05, 4.69) is 10.4 Å². The molecule has 128 valence electrons. The molecule has 2 heterocycles. The highest BCUT2D eigenvalue weighted by Crippen LogP contribution is 2.14. The summed E-state index contributed by atoms with van der Waals surface area (Å²) in [6, 6.07) is 7.68. The van der Waals surface area contributed by atoms with Crippen molar-refractivity contribution in [2.24, 2.45) is 0 Å². The van der Waals surface area contributed by atoms with Crippen LogP contribution in [0.2, 0.25) is 0 Å². The molecule has 24 heavy (non-hydrogen) atoms. The van der Waals surface area contributed by atoms with E-state index in [1.807, 2.05) is 47.1 Å². The van der Waals surface area contributed by atoms with Crippen molar-refractivity contribution >= 4 is 22.7 Å². The summed E-state index contributed by atoms with van der Waals surface area (Å²) in [6.07, 6.45) is 2.20. The van der Waals surface area contributed by atoms with Crippen molar-refractivity contribution in [1.82, 2.24) is 24.9 Å². The molecule has 1 N–H and O–H groups in total. The van der Waals surface area contributed by atoms with Crippen LogP contribution in [0.15, 0.2) is 30.5 Å². The fourth-order valence-corrected chi connectivity index (χ4v) is 3.11. The Morgan fingerprint density at radius 2 is 2.08 bits per heavy atom. The van der Waals surface area contributed by atoms with E-state index in [1.165, 1.54) is 0 Å². The van der Waals surface area contributed by atoms with Crippen LogP contribution >= 0.6 is 0 Å². The van der Waals surface area contributed by atoms with Gasteiger partial charge in [0, 0.05) is 38.5 Å². The van der Waals surface area contributed by atoms with Crippen LogP contribution in [0.5, 0.6) is 0 Å². The van der Waals surface area contributed by atoms with E-state index < -0.39 is 0 Å². The second-order valence-electron chi connectivity index (χ2n) is 6.13. The molecule has 0 spiro atoms. The van der Waals surface area contributed by atoms with Crippen molar-refractivity contribution in [2.75, 3.05) is 33.7 Å². The van der Waals surface area contributed by atoms with Gasteiger partial charge in [-0.25, -0.2) is 0 Å². The number of fused-ring (bicyclic) bond motifs is 1. The lowest BCUT2D eigenvalue weighted by molar-refractivity contribution is -0.137. The maximum absolute atomic E-state index is 12.5. The van der Waals surface area contributed by atoms with Gasteiger partial charge >= 0.3 is 0 Å². The molecule has 1 saturated heterocycles. The first-order valence-electron chi connectivity index (χ1n) is 8.20. The number of carbonyl (C=O) groups excluding carboxylic acids is 2. The van der Waals surface area contributed by atoms with Crippen LogP contribution in [0.3, 0.4) is 0 Å². The molecule has 1 atom stereocenters. The van der Waals surface area contributed by atoms with Gasteiger partial charge in [-0.3, -0.25) is 19.2 Å². The molecule has 0 bridgehead atoms. The Kier molecular flexibility index (Phi) is 4.80. The van der Waals surface area contributed by atoms with Crippen LogP contribution in [0.1, 0.15) is 6.42 Å². The predicted molar refractivity (Wildman–Crippen MR) is 91.4 cm³/mol. The van der Waals surface area contributed by atoms with Crippen molar-refractivity contribution < 1.29 is 9.59 Å². The van der Waals surface area contributed by atoms with Crippen molar-refractivity contribution in [3.05, 3.63) is 30.5 Å². The Balaban J connectivity index is 1.61. The zero-order valence-electron chi connectivity index (χ0n) is 14.1. The number of aryl methyl sites for hydroxylation is 1. The van der Waals surface area contributed by atoms with E-state index in [1.54, 1.807) is 11.9 Å². The highest BCUT2D eigenvalue weighted by atomic mass is 16.2. The van der Waals surface area contributed by atoms with Gasteiger partial charge in [0.15, 0.2) is 0 Å². The maximum Gasteiger partial charge on any atom is 0.238 e. The fraction of sp³-hybridized carbons (Fsp3) is 0.471. The molecule has 7 heteroatoms. The third-order valence-corrected chi connectivity index (χ3v) is 4.64. The predicted octanol–water partition coefficient (Wildman–Crippen LogP) is 0.315. The molecular formula is C17H23N5O2. The minimum absolute atomic E-state index is 0.0481. The van der Waals surface area contributed by atoms with Crippen LogP contribution in [-0.4, -0.2) is 71.2 Å². The fourth-order valence-electron chi connectivity index (χ4n) is 3.11. The molecule has 7 nitrogen and oxygen atoms in total. The summed E-state index contributed by atoms with van der Waals surface area (Å²) in [6.45, 7) is 2.34. The number of para-hydroxylation sites is 1. The van der Waals surface area contributed by atoms with Crippen LogP contribution in [0.25, 0.3) is 10.9 Å². The summed E-state index contributed by atoms with van der Waals surface area (Å²) in [5.74, 6) is 0.0182. The smallest absolute Gasteiger partial charge is 0.238 e. The molecule has 3 rings (SSSR count). The minimum atomic E-state index is -0.279. The number of rotatable bonds is 4.